The lowest BCUT2D eigenvalue weighted by molar-refractivity contribution is 0.504. The van der Waals surface area contributed by atoms with Crippen molar-refractivity contribution in [2.45, 2.75) is 13.3 Å². The third kappa shape index (κ3) is 2.71. The van der Waals surface area contributed by atoms with Crippen LogP contribution in [-0.2, 0) is 6.42 Å². The molecule has 0 amide bonds. The van der Waals surface area contributed by atoms with E-state index in [2.05, 4.69) is 25.9 Å². The second-order valence-corrected chi connectivity index (χ2v) is 5.62. The number of aryl methyl sites for hydroxylation is 1. The summed E-state index contributed by atoms with van der Waals surface area (Å²) in [7, 11) is 0. The molecule has 0 aliphatic rings. The van der Waals surface area contributed by atoms with Crippen molar-refractivity contribution in [3.8, 4) is 11.4 Å². The first-order chi connectivity index (χ1) is 8.95. The number of nitrogens with one attached hydrogen (secondary N) is 1. The predicted octanol–water partition coefficient (Wildman–Crippen LogP) is 3.64. The number of benzene rings is 1. The largest absolute Gasteiger partial charge is 0.306 e. The first-order valence-corrected chi connectivity index (χ1v) is 7.25. The van der Waals surface area contributed by atoms with E-state index in [-0.39, 0.29) is 15.9 Å². The van der Waals surface area contributed by atoms with Crippen LogP contribution in [0.1, 0.15) is 12.6 Å². The fourth-order valence-electron chi connectivity index (χ4n) is 1.58. The Morgan fingerprint density at radius 1 is 1.42 bits per heavy atom. The van der Waals surface area contributed by atoms with Crippen LogP contribution < -0.4 is 5.56 Å². The normalized spacial score (nSPS) is 10.8. The molecule has 0 bridgehead atoms. The van der Waals surface area contributed by atoms with E-state index in [1.54, 1.807) is 0 Å². The van der Waals surface area contributed by atoms with Crippen molar-refractivity contribution in [3.63, 3.8) is 0 Å². The lowest BCUT2D eigenvalue weighted by atomic mass is 10.2. The summed E-state index contributed by atoms with van der Waals surface area (Å²) in [5, 5.41) is 0. The summed E-state index contributed by atoms with van der Waals surface area (Å²) >= 11 is 4.89. The van der Waals surface area contributed by atoms with Gasteiger partial charge in [0.25, 0.3) is 5.56 Å². The van der Waals surface area contributed by atoms with Gasteiger partial charge >= 0.3 is 0 Å². The van der Waals surface area contributed by atoms with Gasteiger partial charge in [0, 0.05) is 5.56 Å². The van der Waals surface area contributed by atoms with Gasteiger partial charge in [-0.15, -0.1) is 0 Å². The highest BCUT2D eigenvalue weighted by Crippen LogP contribution is 2.29. The summed E-state index contributed by atoms with van der Waals surface area (Å²) in [6, 6.07) is 2.37. The average molecular weight is 441 g/mol. The van der Waals surface area contributed by atoms with E-state index in [1.807, 2.05) is 29.5 Å². The number of halogens is 4. The molecule has 100 valence electrons. The molecule has 1 aromatic heterocycles. The zero-order chi connectivity index (χ0) is 14.2. The van der Waals surface area contributed by atoms with Crippen molar-refractivity contribution in [2.24, 2.45) is 0 Å². The third-order valence-corrected chi connectivity index (χ3v) is 4.44. The molecule has 0 radical (unpaired) electrons. The Morgan fingerprint density at radius 2 is 2.11 bits per heavy atom. The van der Waals surface area contributed by atoms with Gasteiger partial charge in [-0.1, -0.05) is 6.92 Å². The Labute approximate surface area is 129 Å². The molecule has 0 aliphatic carbocycles. The summed E-state index contributed by atoms with van der Waals surface area (Å²) in [6.45, 7) is 1.87. The minimum atomic E-state index is -1.00. The van der Waals surface area contributed by atoms with Crippen LogP contribution in [0.4, 0.5) is 8.78 Å². The van der Waals surface area contributed by atoms with Gasteiger partial charge in [-0.25, -0.2) is 13.8 Å². The Kier molecular flexibility index (Phi) is 4.34. The van der Waals surface area contributed by atoms with E-state index in [0.717, 1.165) is 6.07 Å². The lowest BCUT2D eigenvalue weighted by Crippen LogP contribution is -2.16. The standard InChI is InChI=1S/C12H8BrF2IN2O/c1-2-7-10(16)12(19)18-11(17-7)5-3-4-6(14)9(15)8(5)13/h3-4H,2H2,1H3,(H,17,18,19). The molecule has 19 heavy (non-hydrogen) atoms. The van der Waals surface area contributed by atoms with Crippen molar-refractivity contribution < 1.29 is 8.78 Å². The first-order valence-electron chi connectivity index (χ1n) is 5.38. The highest BCUT2D eigenvalue weighted by molar-refractivity contribution is 14.1. The zero-order valence-corrected chi connectivity index (χ0v) is 13.5. The number of hydrogen-bond donors (Lipinski definition) is 1. The van der Waals surface area contributed by atoms with Crippen LogP contribution >= 0.6 is 38.5 Å². The molecule has 0 saturated heterocycles. The third-order valence-electron chi connectivity index (χ3n) is 2.56. The molecule has 1 heterocycles. The average Bonchev–Trinajstić information content (AvgIpc) is 2.39. The molecule has 1 N–H and O–H groups in total. The number of aromatic nitrogens is 2. The molecular weight excluding hydrogens is 433 g/mol. The summed E-state index contributed by atoms with van der Waals surface area (Å²) < 4.78 is 27.0. The van der Waals surface area contributed by atoms with Crippen molar-refractivity contribution >= 4 is 38.5 Å². The van der Waals surface area contributed by atoms with E-state index in [4.69, 9.17) is 0 Å². The van der Waals surface area contributed by atoms with Gasteiger partial charge in [-0.05, 0) is 57.1 Å². The molecule has 2 rings (SSSR count). The van der Waals surface area contributed by atoms with Crippen LogP contribution in [0, 0.1) is 15.2 Å². The van der Waals surface area contributed by atoms with Crippen LogP contribution in [-0.4, -0.2) is 9.97 Å². The van der Waals surface area contributed by atoms with E-state index in [1.165, 1.54) is 6.07 Å². The smallest absolute Gasteiger partial charge is 0.264 e. The van der Waals surface area contributed by atoms with E-state index in [9.17, 15) is 13.6 Å². The molecule has 2 aromatic rings. The SMILES string of the molecule is CCc1nc(-c2ccc(F)c(F)c2Br)[nH]c(=O)c1I. The first kappa shape index (κ1) is 14.6. The highest BCUT2D eigenvalue weighted by atomic mass is 127. The van der Waals surface area contributed by atoms with Gasteiger partial charge in [0.1, 0.15) is 5.82 Å². The second-order valence-electron chi connectivity index (χ2n) is 3.75. The molecular formula is C12H8BrF2IN2O. The Hall–Kier alpha value is -0.830. The molecule has 1 aromatic carbocycles. The Balaban J connectivity index is 2.70. The van der Waals surface area contributed by atoms with Crippen LogP contribution in [0.3, 0.4) is 0 Å². The van der Waals surface area contributed by atoms with Crippen LogP contribution in [0.2, 0.25) is 0 Å². The minimum absolute atomic E-state index is 0.0566. The van der Waals surface area contributed by atoms with E-state index < -0.39 is 11.6 Å². The maximum atomic E-state index is 13.5. The zero-order valence-electron chi connectivity index (χ0n) is 9.73. The quantitative estimate of drug-likeness (QED) is 0.572. The van der Waals surface area contributed by atoms with Gasteiger partial charge in [0.2, 0.25) is 0 Å². The Bertz CT molecular complexity index is 703. The van der Waals surface area contributed by atoms with Gasteiger partial charge in [-0.3, -0.25) is 4.79 Å². The van der Waals surface area contributed by atoms with Crippen LogP contribution in [0.5, 0.6) is 0 Å². The maximum Gasteiger partial charge on any atom is 0.264 e. The number of aromatic amines is 1. The lowest BCUT2D eigenvalue weighted by Gasteiger charge is -2.08. The molecule has 0 fully saturated rings. The van der Waals surface area contributed by atoms with Gasteiger partial charge in [-0.2, -0.15) is 0 Å². The minimum Gasteiger partial charge on any atom is -0.306 e. The number of H-pyrrole nitrogens is 1. The van der Waals surface area contributed by atoms with E-state index in [0.29, 0.717) is 21.2 Å². The van der Waals surface area contributed by atoms with Crippen molar-refractivity contribution in [2.75, 3.05) is 0 Å². The predicted molar refractivity (Wildman–Crippen MR) is 80.0 cm³/mol. The molecule has 0 aliphatic heterocycles. The maximum absolute atomic E-state index is 13.5. The van der Waals surface area contributed by atoms with Crippen molar-refractivity contribution in [3.05, 3.63) is 47.9 Å². The molecule has 0 saturated carbocycles. The van der Waals surface area contributed by atoms with Gasteiger partial charge < -0.3 is 4.98 Å². The van der Waals surface area contributed by atoms with Gasteiger partial charge in [0.15, 0.2) is 11.6 Å². The number of nitrogens with zero attached hydrogens (tertiary/aromatic N) is 1. The van der Waals surface area contributed by atoms with Crippen molar-refractivity contribution in [1.29, 1.82) is 0 Å². The monoisotopic (exact) mass is 440 g/mol. The fraction of sp³-hybridized carbons (Fsp3) is 0.167. The second kappa shape index (κ2) is 5.66. The van der Waals surface area contributed by atoms with Crippen LogP contribution in [0.15, 0.2) is 21.4 Å². The molecule has 7 heteroatoms. The Morgan fingerprint density at radius 3 is 2.74 bits per heavy atom. The summed E-state index contributed by atoms with van der Waals surface area (Å²) in [4.78, 5) is 18.6. The van der Waals surface area contributed by atoms with E-state index >= 15 is 0 Å². The highest BCUT2D eigenvalue weighted by Gasteiger charge is 2.16. The summed E-state index contributed by atoms with van der Waals surface area (Å²) in [6.07, 6.45) is 0.580. The van der Waals surface area contributed by atoms with Gasteiger partial charge in [0.05, 0.1) is 13.7 Å². The molecule has 0 unspecified atom stereocenters. The summed E-state index contributed by atoms with van der Waals surface area (Å²) in [5.74, 6) is -1.75. The van der Waals surface area contributed by atoms with Crippen molar-refractivity contribution in [1.82, 2.24) is 9.97 Å². The number of hydrogen-bond acceptors (Lipinski definition) is 2. The van der Waals surface area contributed by atoms with Crippen LogP contribution in [0.25, 0.3) is 11.4 Å². The summed E-state index contributed by atoms with van der Waals surface area (Å²) in [5.41, 5.74) is 0.636. The molecule has 3 nitrogen and oxygen atoms in total. The molecule has 0 atom stereocenters. The topological polar surface area (TPSA) is 45.8 Å². The molecule has 0 spiro atoms. The number of rotatable bonds is 2. The fourth-order valence-corrected chi connectivity index (χ4v) is 2.72.